The average Bonchev–Trinajstić information content (AvgIpc) is 3.01. The average molecular weight is 381 g/mol. The lowest BCUT2D eigenvalue weighted by Crippen LogP contribution is -2.38. The monoisotopic (exact) mass is 379 g/mol. The smallest absolute Gasteiger partial charge is 0.264 e. The molecular formula is C12H15Br2NOS. The minimum atomic E-state index is 0.156. The van der Waals surface area contributed by atoms with Crippen LogP contribution in [-0.4, -0.2) is 23.4 Å². The van der Waals surface area contributed by atoms with Crippen molar-refractivity contribution in [2.24, 2.45) is 5.92 Å². The molecule has 1 saturated carbocycles. The predicted octanol–water partition coefficient (Wildman–Crippen LogP) is 4.53. The fourth-order valence-corrected chi connectivity index (χ4v) is 3.69. The van der Waals surface area contributed by atoms with Crippen molar-refractivity contribution < 1.29 is 4.79 Å². The van der Waals surface area contributed by atoms with E-state index in [1.807, 2.05) is 11.0 Å². The van der Waals surface area contributed by atoms with Crippen LogP contribution >= 0.6 is 43.2 Å². The minimum Gasteiger partial charge on any atom is -0.335 e. The molecule has 1 heterocycles. The van der Waals surface area contributed by atoms with Gasteiger partial charge in [0.05, 0.1) is 8.66 Å². The van der Waals surface area contributed by atoms with Gasteiger partial charge in [-0.15, -0.1) is 11.3 Å². The van der Waals surface area contributed by atoms with E-state index in [9.17, 15) is 4.79 Å². The molecule has 1 aliphatic carbocycles. The van der Waals surface area contributed by atoms with Crippen LogP contribution in [-0.2, 0) is 0 Å². The number of hydrogen-bond acceptors (Lipinski definition) is 2. The van der Waals surface area contributed by atoms with Crippen molar-refractivity contribution in [3.63, 3.8) is 0 Å². The van der Waals surface area contributed by atoms with Crippen LogP contribution in [0.3, 0.4) is 0 Å². The maximum Gasteiger partial charge on any atom is 0.264 e. The second-order valence-corrected chi connectivity index (χ2v) is 7.95. The van der Waals surface area contributed by atoms with Crippen molar-refractivity contribution in [2.75, 3.05) is 6.54 Å². The molecule has 1 aromatic heterocycles. The fourth-order valence-electron chi connectivity index (χ4n) is 1.70. The Bertz CT molecular complexity index is 407. The summed E-state index contributed by atoms with van der Waals surface area (Å²) in [5.41, 5.74) is 0. The Kier molecular flexibility index (Phi) is 4.31. The molecule has 1 amide bonds. The van der Waals surface area contributed by atoms with Gasteiger partial charge in [0, 0.05) is 17.1 Å². The van der Waals surface area contributed by atoms with E-state index < -0.39 is 0 Å². The van der Waals surface area contributed by atoms with E-state index in [2.05, 4.69) is 45.7 Å². The Morgan fingerprint density at radius 1 is 1.53 bits per heavy atom. The maximum absolute atomic E-state index is 12.4. The van der Waals surface area contributed by atoms with Gasteiger partial charge in [-0.05, 0) is 70.5 Å². The Hall–Kier alpha value is 0.130. The van der Waals surface area contributed by atoms with Crippen molar-refractivity contribution >= 4 is 49.1 Å². The van der Waals surface area contributed by atoms with Gasteiger partial charge in [-0.1, -0.05) is 0 Å². The normalized spacial score (nSPS) is 15.4. The summed E-state index contributed by atoms with van der Waals surface area (Å²) < 4.78 is 1.94. The SMILES string of the molecule is CC(C)N(CC1CC1)C(=O)c1cc(Br)c(Br)s1. The molecule has 0 N–H and O–H groups in total. The number of carbonyl (C=O) groups is 1. The highest BCUT2D eigenvalue weighted by Gasteiger charge is 2.29. The summed E-state index contributed by atoms with van der Waals surface area (Å²) in [6, 6.07) is 2.17. The van der Waals surface area contributed by atoms with Crippen LogP contribution < -0.4 is 0 Å². The summed E-state index contributed by atoms with van der Waals surface area (Å²) in [4.78, 5) is 15.2. The Morgan fingerprint density at radius 2 is 2.18 bits per heavy atom. The number of nitrogens with zero attached hydrogens (tertiary/aromatic N) is 1. The van der Waals surface area contributed by atoms with Crippen LogP contribution in [0.25, 0.3) is 0 Å². The summed E-state index contributed by atoms with van der Waals surface area (Å²) in [7, 11) is 0. The zero-order valence-corrected chi connectivity index (χ0v) is 13.9. The van der Waals surface area contributed by atoms with Gasteiger partial charge < -0.3 is 4.90 Å². The molecule has 94 valence electrons. The van der Waals surface area contributed by atoms with Gasteiger partial charge in [-0.25, -0.2) is 0 Å². The van der Waals surface area contributed by atoms with Crippen LogP contribution in [0, 0.1) is 5.92 Å². The summed E-state index contributed by atoms with van der Waals surface area (Å²) in [5.74, 6) is 0.886. The van der Waals surface area contributed by atoms with Crippen molar-refractivity contribution in [1.29, 1.82) is 0 Å². The Labute approximate surface area is 123 Å². The molecular weight excluding hydrogens is 366 g/mol. The predicted molar refractivity (Wildman–Crippen MR) is 78.6 cm³/mol. The summed E-state index contributed by atoms with van der Waals surface area (Å²) in [6.45, 7) is 5.07. The van der Waals surface area contributed by atoms with Crippen molar-refractivity contribution in [3.8, 4) is 0 Å². The zero-order valence-electron chi connectivity index (χ0n) is 9.87. The topological polar surface area (TPSA) is 20.3 Å². The van der Waals surface area contributed by atoms with E-state index >= 15 is 0 Å². The molecule has 1 aromatic rings. The van der Waals surface area contributed by atoms with E-state index in [1.54, 1.807) is 0 Å². The molecule has 0 aliphatic heterocycles. The van der Waals surface area contributed by atoms with E-state index in [1.165, 1.54) is 24.2 Å². The highest BCUT2D eigenvalue weighted by molar-refractivity contribution is 9.13. The summed E-state index contributed by atoms with van der Waals surface area (Å²) in [5, 5.41) is 0. The van der Waals surface area contributed by atoms with Gasteiger partial charge in [0.1, 0.15) is 0 Å². The first kappa shape index (κ1) is 13.6. The van der Waals surface area contributed by atoms with Crippen LogP contribution in [0.5, 0.6) is 0 Å². The van der Waals surface area contributed by atoms with Gasteiger partial charge >= 0.3 is 0 Å². The first-order chi connectivity index (χ1) is 7.99. The molecule has 5 heteroatoms. The largest absolute Gasteiger partial charge is 0.335 e. The molecule has 0 radical (unpaired) electrons. The lowest BCUT2D eigenvalue weighted by molar-refractivity contribution is 0.0701. The fraction of sp³-hybridized carbons (Fsp3) is 0.583. The summed E-state index contributed by atoms with van der Waals surface area (Å²) >= 11 is 8.36. The first-order valence-electron chi connectivity index (χ1n) is 5.75. The van der Waals surface area contributed by atoms with E-state index in [0.29, 0.717) is 0 Å². The minimum absolute atomic E-state index is 0.156. The molecule has 0 bridgehead atoms. The standard InChI is InChI=1S/C12H15Br2NOS/c1-7(2)15(6-8-3-4-8)12(16)10-5-9(13)11(14)17-10/h5,7-8H,3-4,6H2,1-2H3. The van der Waals surface area contributed by atoms with Crippen molar-refractivity contribution in [2.45, 2.75) is 32.7 Å². The molecule has 0 saturated heterocycles. The Morgan fingerprint density at radius 3 is 2.59 bits per heavy atom. The number of hydrogen-bond donors (Lipinski definition) is 0. The molecule has 17 heavy (non-hydrogen) atoms. The lowest BCUT2D eigenvalue weighted by Gasteiger charge is -2.26. The van der Waals surface area contributed by atoms with E-state index in [4.69, 9.17) is 0 Å². The van der Waals surface area contributed by atoms with Crippen LogP contribution in [0.2, 0.25) is 0 Å². The third-order valence-electron chi connectivity index (χ3n) is 2.89. The van der Waals surface area contributed by atoms with Gasteiger partial charge in [0.15, 0.2) is 0 Å². The maximum atomic E-state index is 12.4. The third-order valence-corrected chi connectivity index (χ3v) is 6.14. The zero-order chi connectivity index (χ0) is 12.6. The second-order valence-electron chi connectivity index (χ2n) is 4.73. The Balaban J connectivity index is 2.14. The van der Waals surface area contributed by atoms with Gasteiger partial charge in [-0.3, -0.25) is 4.79 Å². The molecule has 1 fully saturated rings. The van der Waals surface area contributed by atoms with Crippen LogP contribution in [0.15, 0.2) is 14.3 Å². The summed E-state index contributed by atoms with van der Waals surface area (Å²) in [6.07, 6.45) is 2.54. The molecule has 0 spiro atoms. The molecule has 2 nitrogen and oxygen atoms in total. The van der Waals surface area contributed by atoms with E-state index in [-0.39, 0.29) is 11.9 Å². The first-order valence-corrected chi connectivity index (χ1v) is 8.15. The van der Waals surface area contributed by atoms with Gasteiger partial charge in [0.2, 0.25) is 0 Å². The third kappa shape index (κ3) is 3.32. The van der Waals surface area contributed by atoms with Crippen molar-refractivity contribution in [1.82, 2.24) is 4.90 Å². The van der Waals surface area contributed by atoms with Crippen molar-refractivity contribution in [3.05, 3.63) is 19.2 Å². The lowest BCUT2D eigenvalue weighted by atomic mass is 10.2. The molecule has 0 aromatic carbocycles. The second kappa shape index (κ2) is 5.41. The van der Waals surface area contributed by atoms with Gasteiger partial charge in [0.25, 0.3) is 5.91 Å². The van der Waals surface area contributed by atoms with E-state index in [0.717, 1.165) is 25.6 Å². The number of thiophene rings is 1. The van der Waals surface area contributed by atoms with Gasteiger partial charge in [-0.2, -0.15) is 0 Å². The van der Waals surface area contributed by atoms with Crippen LogP contribution in [0.1, 0.15) is 36.4 Å². The molecule has 2 rings (SSSR count). The van der Waals surface area contributed by atoms with Crippen LogP contribution in [0.4, 0.5) is 0 Å². The highest BCUT2D eigenvalue weighted by Crippen LogP contribution is 2.35. The number of carbonyl (C=O) groups excluding carboxylic acids is 1. The molecule has 0 unspecified atom stereocenters. The number of halogens is 2. The number of amides is 1. The number of rotatable bonds is 4. The quantitative estimate of drug-likeness (QED) is 0.751. The molecule has 0 atom stereocenters. The highest BCUT2D eigenvalue weighted by atomic mass is 79.9. The molecule has 1 aliphatic rings.